The number of fused-ring (bicyclic) bond motifs is 1. The fourth-order valence-corrected chi connectivity index (χ4v) is 2.46. The molecule has 0 aromatic heterocycles. The molecule has 1 aromatic rings. The molecule has 96 valence electrons. The van der Waals surface area contributed by atoms with Crippen LogP contribution in [0.15, 0.2) is 24.3 Å². The Morgan fingerprint density at radius 2 is 2.06 bits per heavy atom. The van der Waals surface area contributed by atoms with Crippen LogP contribution < -0.4 is 10.2 Å². The van der Waals surface area contributed by atoms with Crippen molar-refractivity contribution in [3.8, 4) is 0 Å². The summed E-state index contributed by atoms with van der Waals surface area (Å²) in [6.45, 7) is 1.93. The van der Waals surface area contributed by atoms with Gasteiger partial charge in [0.1, 0.15) is 0 Å². The first kappa shape index (κ1) is 12.4. The van der Waals surface area contributed by atoms with E-state index in [4.69, 9.17) is 0 Å². The number of nitrogens with zero attached hydrogens (tertiary/aromatic N) is 1. The Bertz CT molecular complexity index is 501. The highest BCUT2D eigenvalue weighted by molar-refractivity contribution is 5.90. The number of carboxylic acid groups (broad SMARTS) is 1. The fraction of sp³-hybridized carbons (Fsp3) is 0.385. The average molecular weight is 248 g/mol. The van der Waals surface area contributed by atoms with Crippen LogP contribution in [0.4, 0.5) is 5.69 Å². The van der Waals surface area contributed by atoms with Crippen LogP contribution >= 0.6 is 0 Å². The molecule has 0 bridgehead atoms. The van der Waals surface area contributed by atoms with Gasteiger partial charge in [0, 0.05) is 38.2 Å². The minimum Gasteiger partial charge on any atom is -0.479 e. The van der Waals surface area contributed by atoms with E-state index in [1.165, 1.54) is 6.92 Å². The van der Waals surface area contributed by atoms with Gasteiger partial charge in [0.2, 0.25) is 5.91 Å². The van der Waals surface area contributed by atoms with E-state index in [1.54, 1.807) is 12.1 Å². The summed E-state index contributed by atoms with van der Waals surface area (Å²) < 4.78 is 0. The first-order valence-corrected chi connectivity index (χ1v) is 5.80. The second-order valence-electron chi connectivity index (χ2n) is 4.58. The quantitative estimate of drug-likeness (QED) is 0.817. The molecule has 1 atom stereocenters. The number of amides is 1. The molecule has 0 radical (unpaired) electrons. The van der Waals surface area contributed by atoms with Gasteiger partial charge in [0.25, 0.3) is 0 Å². The van der Waals surface area contributed by atoms with Crippen LogP contribution in [0, 0.1) is 0 Å². The molecule has 0 spiro atoms. The van der Waals surface area contributed by atoms with Crippen LogP contribution in [0.2, 0.25) is 0 Å². The fourth-order valence-electron chi connectivity index (χ4n) is 2.46. The van der Waals surface area contributed by atoms with E-state index in [0.29, 0.717) is 18.5 Å². The summed E-state index contributed by atoms with van der Waals surface area (Å²) in [6.07, 6.45) is 0.357. The van der Waals surface area contributed by atoms with Crippen LogP contribution in [0.5, 0.6) is 0 Å². The van der Waals surface area contributed by atoms with E-state index in [1.807, 2.05) is 24.1 Å². The number of aliphatic carboxylic acids is 1. The second kappa shape index (κ2) is 4.33. The third-order valence-electron chi connectivity index (χ3n) is 3.35. The SMILES string of the molecule is CC(=O)NC1(C(=O)O)CCN(C)c2ccccc21. The third-order valence-corrected chi connectivity index (χ3v) is 3.35. The van der Waals surface area contributed by atoms with Crippen LogP contribution in [-0.2, 0) is 15.1 Å². The van der Waals surface area contributed by atoms with Gasteiger partial charge in [0.05, 0.1) is 0 Å². The van der Waals surface area contributed by atoms with Crippen LogP contribution in [-0.4, -0.2) is 30.6 Å². The molecule has 1 heterocycles. The van der Waals surface area contributed by atoms with E-state index in [0.717, 1.165) is 5.69 Å². The second-order valence-corrected chi connectivity index (χ2v) is 4.58. The molecule has 2 rings (SSSR count). The number of hydrogen-bond donors (Lipinski definition) is 2. The largest absolute Gasteiger partial charge is 0.479 e. The van der Waals surface area contributed by atoms with Crippen LogP contribution in [0.1, 0.15) is 18.9 Å². The first-order valence-electron chi connectivity index (χ1n) is 5.80. The first-order chi connectivity index (χ1) is 8.47. The molecule has 18 heavy (non-hydrogen) atoms. The van der Waals surface area contributed by atoms with Gasteiger partial charge >= 0.3 is 5.97 Å². The number of benzene rings is 1. The lowest BCUT2D eigenvalue weighted by atomic mass is 9.82. The van der Waals surface area contributed by atoms with Crippen LogP contribution in [0.25, 0.3) is 0 Å². The molecule has 5 nitrogen and oxygen atoms in total. The smallest absolute Gasteiger partial charge is 0.334 e. The number of carbonyl (C=O) groups excluding carboxylic acids is 1. The van der Waals surface area contributed by atoms with Crippen LogP contribution in [0.3, 0.4) is 0 Å². The summed E-state index contributed by atoms with van der Waals surface area (Å²) in [7, 11) is 1.92. The highest BCUT2D eigenvalue weighted by atomic mass is 16.4. The maximum atomic E-state index is 11.6. The van der Waals surface area contributed by atoms with Crippen molar-refractivity contribution in [3.05, 3.63) is 29.8 Å². The Hall–Kier alpha value is -2.04. The van der Waals surface area contributed by atoms with Gasteiger partial charge in [-0.25, -0.2) is 4.79 Å². The van der Waals surface area contributed by atoms with Gasteiger partial charge in [-0.05, 0) is 6.07 Å². The summed E-state index contributed by atoms with van der Waals surface area (Å²) in [5.74, 6) is -1.35. The monoisotopic (exact) mass is 248 g/mol. The Morgan fingerprint density at radius 1 is 1.39 bits per heavy atom. The summed E-state index contributed by atoms with van der Waals surface area (Å²) in [6, 6.07) is 7.28. The molecule has 1 aliphatic rings. The van der Waals surface area contributed by atoms with Gasteiger partial charge in [-0.15, -0.1) is 0 Å². The van der Waals surface area contributed by atoms with Crippen molar-refractivity contribution in [2.75, 3.05) is 18.5 Å². The molecular formula is C13H16N2O3. The van der Waals surface area contributed by atoms with Gasteiger partial charge in [0.15, 0.2) is 5.54 Å². The topological polar surface area (TPSA) is 69.6 Å². The standard InChI is InChI=1S/C13H16N2O3/c1-9(16)14-13(12(17)18)7-8-15(2)11-6-4-3-5-10(11)13/h3-6H,7-8H2,1-2H3,(H,14,16)(H,17,18). The van der Waals surface area contributed by atoms with E-state index in [-0.39, 0.29) is 5.91 Å². The molecular weight excluding hydrogens is 232 g/mol. The van der Waals surface area contributed by atoms with Crippen molar-refractivity contribution in [3.63, 3.8) is 0 Å². The number of hydrogen-bond acceptors (Lipinski definition) is 3. The number of para-hydroxylation sites is 1. The zero-order chi connectivity index (χ0) is 13.3. The predicted molar refractivity (Wildman–Crippen MR) is 67.5 cm³/mol. The molecule has 1 amide bonds. The molecule has 0 aliphatic carbocycles. The highest BCUT2D eigenvalue weighted by Crippen LogP contribution is 2.37. The van der Waals surface area contributed by atoms with Gasteiger partial charge in [-0.1, -0.05) is 18.2 Å². The van der Waals surface area contributed by atoms with Crippen molar-refractivity contribution < 1.29 is 14.7 Å². The van der Waals surface area contributed by atoms with E-state index in [9.17, 15) is 14.7 Å². The molecule has 1 unspecified atom stereocenters. The van der Waals surface area contributed by atoms with Crippen molar-refractivity contribution in [1.29, 1.82) is 0 Å². The van der Waals surface area contributed by atoms with Crippen molar-refractivity contribution in [1.82, 2.24) is 5.32 Å². The molecule has 2 N–H and O–H groups in total. The molecule has 1 aromatic carbocycles. The van der Waals surface area contributed by atoms with Gasteiger partial charge < -0.3 is 15.3 Å². The summed E-state index contributed by atoms with van der Waals surface area (Å²) in [5.41, 5.74) is 0.177. The maximum Gasteiger partial charge on any atom is 0.334 e. The minimum atomic E-state index is -1.31. The summed E-state index contributed by atoms with van der Waals surface area (Å²) >= 11 is 0. The van der Waals surface area contributed by atoms with E-state index >= 15 is 0 Å². The highest BCUT2D eigenvalue weighted by Gasteiger charge is 2.45. The summed E-state index contributed by atoms with van der Waals surface area (Å²) in [4.78, 5) is 25.0. The summed E-state index contributed by atoms with van der Waals surface area (Å²) in [5, 5.41) is 12.1. The van der Waals surface area contributed by atoms with E-state index in [2.05, 4.69) is 5.32 Å². The van der Waals surface area contributed by atoms with E-state index < -0.39 is 11.5 Å². The lowest BCUT2D eigenvalue weighted by Gasteiger charge is -2.40. The van der Waals surface area contributed by atoms with Gasteiger partial charge in [-0.3, -0.25) is 4.79 Å². The van der Waals surface area contributed by atoms with Crippen molar-refractivity contribution in [2.45, 2.75) is 18.9 Å². The van der Waals surface area contributed by atoms with Crippen molar-refractivity contribution >= 4 is 17.6 Å². The zero-order valence-corrected chi connectivity index (χ0v) is 10.4. The Morgan fingerprint density at radius 3 is 2.67 bits per heavy atom. The van der Waals surface area contributed by atoms with Gasteiger partial charge in [-0.2, -0.15) is 0 Å². The maximum absolute atomic E-state index is 11.6. The number of nitrogens with one attached hydrogen (secondary N) is 1. The normalized spacial score (nSPS) is 22.2. The molecule has 0 saturated heterocycles. The number of rotatable bonds is 2. The predicted octanol–water partition coefficient (Wildman–Crippen LogP) is 0.942. The lowest BCUT2D eigenvalue weighted by Crippen LogP contribution is -2.55. The molecule has 0 fully saturated rings. The number of carbonyl (C=O) groups is 2. The Balaban J connectivity index is 2.59. The number of anilines is 1. The molecule has 0 saturated carbocycles. The minimum absolute atomic E-state index is 0.336. The zero-order valence-electron chi connectivity index (χ0n) is 10.4. The Labute approximate surface area is 105 Å². The van der Waals surface area contributed by atoms with Crippen molar-refractivity contribution in [2.24, 2.45) is 0 Å². The average Bonchev–Trinajstić information content (AvgIpc) is 2.32. The Kier molecular flexibility index (Phi) is 2.98. The molecule has 1 aliphatic heterocycles. The number of carboxylic acids is 1. The molecule has 5 heteroatoms. The lowest BCUT2D eigenvalue weighted by molar-refractivity contribution is -0.148. The third kappa shape index (κ3) is 1.81.